The van der Waals surface area contributed by atoms with Crippen LogP contribution in [0.2, 0.25) is 0 Å². The van der Waals surface area contributed by atoms with Crippen LogP contribution in [-0.2, 0) is 6.54 Å². The number of hydrogen-bond donors (Lipinski definition) is 2. The highest BCUT2D eigenvalue weighted by molar-refractivity contribution is 5.39. The zero-order valence-corrected chi connectivity index (χ0v) is 10.9. The van der Waals surface area contributed by atoms with Crippen LogP contribution in [0.1, 0.15) is 32.8 Å². The standard InChI is InChI=1S/C13H22FN3/c1-4-6-15-9-11-5-7-16-13(12(11)14)17-8-10(2)3/h5,7,10,15H,4,6,8-9H2,1-3H3,(H,16,17). The van der Waals surface area contributed by atoms with E-state index in [-0.39, 0.29) is 5.82 Å². The van der Waals surface area contributed by atoms with E-state index >= 15 is 0 Å². The van der Waals surface area contributed by atoms with Crippen LogP contribution in [0.3, 0.4) is 0 Å². The summed E-state index contributed by atoms with van der Waals surface area (Å²) in [5, 5.41) is 6.22. The summed E-state index contributed by atoms with van der Waals surface area (Å²) in [6, 6.07) is 1.72. The third kappa shape index (κ3) is 4.69. The molecular weight excluding hydrogens is 217 g/mol. The fourth-order valence-corrected chi connectivity index (χ4v) is 1.44. The second-order valence-corrected chi connectivity index (χ2v) is 4.58. The predicted octanol–water partition coefficient (Wildman–Crippen LogP) is 2.79. The van der Waals surface area contributed by atoms with E-state index in [0.29, 0.717) is 23.8 Å². The summed E-state index contributed by atoms with van der Waals surface area (Å²) in [7, 11) is 0. The van der Waals surface area contributed by atoms with E-state index < -0.39 is 0 Å². The quantitative estimate of drug-likeness (QED) is 0.718. The average Bonchev–Trinajstić information content (AvgIpc) is 2.30. The molecule has 17 heavy (non-hydrogen) atoms. The monoisotopic (exact) mass is 239 g/mol. The zero-order valence-electron chi connectivity index (χ0n) is 10.9. The molecule has 0 spiro atoms. The van der Waals surface area contributed by atoms with Gasteiger partial charge in [0, 0.05) is 24.8 Å². The van der Waals surface area contributed by atoms with Crippen molar-refractivity contribution in [3.05, 3.63) is 23.6 Å². The van der Waals surface area contributed by atoms with E-state index in [9.17, 15) is 4.39 Å². The van der Waals surface area contributed by atoms with Gasteiger partial charge >= 0.3 is 0 Å². The second-order valence-electron chi connectivity index (χ2n) is 4.58. The molecule has 1 rings (SSSR count). The molecule has 4 heteroatoms. The number of halogens is 1. The second kappa shape index (κ2) is 7.22. The van der Waals surface area contributed by atoms with E-state index in [1.807, 2.05) is 0 Å². The third-order valence-electron chi connectivity index (χ3n) is 2.39. The molecule has 0 fully saturated rings. The van der Waals surface area contributed by atoms with Crippen molar-refractivity contribution in [1.29, 1.82) is 0 Å². The molecule has 0 radical (unpaired) electrons. The predicted molar refractivity (Wildman–Crippen MR) is 69.5 cm³/mol. The van der Waals surface area contributed by atoms with Crippen molar-refractivity contribution in [2.45, 2.75) is 33.7 Å². The lowest BCUT2D eigenvalue weighted by Gasteiger charge is -2.11. The Hall–Kier alpha value is -1.16. The van der Waals surface area contributed by atoms with Crippen LogP contribution < -0.4 is 10.6 Å². The summed E-state index contributed by atoms with van der Waals surface area (Å²) < 4.78 is 14.0. The number of nitrogens with one attached hydrogen (secondary N) is 2. The summed E-state index contributed by atoms with van der Waals surface area (Å²) in [5.74, 6) is 0.587. The zero-order chi connectivity index (χ0) is 12.7. The van der Waals surface area contributed by atoms with Gasteiger partial charge in [-0.3, -0.25) is 0 Å². The van der Waals surface area contributed by atoms with E-state index in [0.717, 1.165) is 19.5 Å². The highest BCUT2D eigenvalue weighted by Crippen LogP contribution is 2.15. The van der Waals surface area contributed by atoms with E-state index in [2.05, 4.69) is 36.4 Å². The van der Waals surface area contributed by atoms with Gasteiger partial charge in [-0.15, -0.1) is 0 Å². The molecular formula is C13H22FN3. The highest BCUT2D eigenvalue weighted by Gasteiger charge is 2.08. The van der Waals surface area contributed by atoms with Crippen molar-refractivity contribution in [3.63, 3.8) is 0 Å². The van der Waals surface area contributed by atoms with Gasteiger partial charge in [0.25, 0.3) is 0 Å². The van der Waals surface area contributed by atoms with Gasteiger partial charge in [0.15, 0.2) is 11.6 Å². The van der Waals surface area contributed by atoms with E-state index in [4.69, 9.17) is 0 Å². The van der Waals surface area contributed by atoms with Crippen molar-refractivity contribution in [3.8, 4) is 0 Å². The molecule has 0 aromatic carbocycles. The van der Waals surface area contributed by atoms with Gasteiger partial charge < -0.3 is 10.6 Å². The van der Waals surface area contributed by atoms with Crippen molar-refractivity contribution in [1.82, 2.24) is 10.3 Å². The van der Waals surface area contributed by atoms with Crippen LogP contribution in [0.4, 0.5) is 10.2 Å². The average molecular weight is 239 g/mol. The summed E-state index contributed by atoms with van der Waals surface area (Å²) in [6.07, 6.45) is 2.69. The Bertz CT molecular complexity index is 339. The van der Waals surface area contributed by atoms with Crippen molar-refractivity contribution in [2.24, 2.45) is 5.92 Å². The molecule has 0 unspecified atom stereocenters. The first kappa shape index (κ1) is 13.9. The Morgan fingerprint density at radius 1 is 1.41 bits per heavy atom. The Balaban J connectivity index is 2.63. The maximum Gasteiger partial charge on any atom is 0.169 e. The molecule has 0 saturated heterocycles. The maximum absolute atomic E-state index is 14.0. The Morgan fingerprint density at radius 2 is 2.18 bits per heavy atom. The maximum atomic E-state index is 14.0. The molecule has 3 nitrogen and oxygen atoms in total. The fourth-order valence-electron chi connectivity index (χ4n) is 1.44. The Labute approximate surface area is 103 Å². The van der Waals surface area contributed by atoms with Crippen LogP contribution in [0.25, 0.3) is 0 Å². The van der Waals surface area contributed by atoms with Crippen LogP contribution in [0.15, 0.2) is 12.3 Å². The molecule has 0 aliphatic rings. The fraction of sp³-hybridized carbons (Fsp3) is 0.615. The molecule has 0 aliphatic heterocycles. The molecule has 1 aromatic rings. The van der Waals surface area contributed by atoms with Crippen LogP contribution >= 0.6 is 0 Å². The van der Waals surface area contributed by atoms with E-state index in [1.54, 1.807) is 12.3 Å². The summed E-state index contributed by atoms with van der Waals surface area (Å²) >= 11 is 0. The lowest BCUT2D eigenvalue weighted by Crippen LogP contribution is -2.16. The number of rotatable bonds is 7. The number of nitrogens with zero attached hydrogens (tertiary/aromatic N) is 1. The van der Waals surface area contributed by atoms with Crippen molar-refractivity contribution < 1.29 is 4.39 Å². The summed E-state index contributed by atoms with van der Waals surface area (Å²) in [4.78, 5) is 4.03. The van der Waals surface area contributed by atoms with Crippen LogP contribution in [-0.4, -0.2) is 18.1 Å². The SMILES string of the molecule is CCCNCc1ccnc(NCC(C)C)c1F. The molecule has 96 valence electrons. The van der Waals surface area contributed by atoms with Gasteiger partial charge in [-0.05, 0) is 24.9 Å². The van der Waals surface area contributed by atoms with Crippen LogP contribution in [0.5, 0.6) is 0 Å². The molecule has 0 bridgehead atoms. The normalized spacial score (nSPS) is 10.9. The van der Waals surface area contributed by atoms with Crippen molar-refractivity contribution >= 4 is 5.82 Å². The van der Waals surface area contributed by atoms with Gasteiger partial charge in [0.05, 0.1) is 0 Å². The largest absolute Gasteiger partial charge is 0.367 e. The minimum absolute atomic E-state index is 0.239. The first-order valence-electron chi connectivity index (χ1n) is 6.23. The lowest BCUT2D eigenvalue weighted by atomic mass is 10.2. The smallest absolute Gasteiger partial charge is 0.169 e. The summed E-state index contributed by atoms with van der Waals surface area (Å²) in [5.41, 5.74) is 0.666. The molecule has 1 heterocycles. The summed E-state index contributed by atoms with van der Waals surface area (Å²) in [6.45, 7) is 8.44. The minimum Gasteiger partial charge on any atom is -0.367 e. The highest BCUT2D eigenvalue weighted by atomic mass is 19.1. The van der Waals surface area contributed by atoms with Crippen LogP contribution in [0, 0.1) is 11.7 Å². The molecule has 0 amide bonds. The van der Waals surface area contributed by atoms with Crippen molar-refractivity contribution in [2.75, 3.05) is 18.4 Å². The Kier molecular flexibility index (Phi) is 5.91. The number of anilines is 1. The number of pyridine rings is 1. The first-order valence-corrected chi connectivity index (χ1v) is 6.23. The van der Waals surface area contributed by atoms with Gasteiger partial charge in [-0.2, -0.15) is 0 Å². The van der Waals surface area contributed by atoms with Gasteiger partial charge in [0.1, 0.15) is 0 Å². The topological polar surface area (TPSA) is 37.0 Å². The minimum atomic E-state index is -0.239. The Morgan fingerprint density at radius 3 is 2.82 bits per heavy atom. The van der Waals surface area contributed by atoms with Gasteiger partial charge in [-0.25, -0.2) is 9.37 Å². The molecule has 2 N–H and O–H groups in total. The molecule has 0 atom stereocenters. The molecule has 0 saturated carbocycles. The lowest BCUT2D eigenvalue weighted by molar-refractivity contribution is 0.581. The third-order valence-corrected chi connectivity index (χ3v) is 2.39. The van der Waals surface area contributed by atoms with Gasteiger partial charge in [-0.1, -0.05) is 20.8 Å². The molecule has 0 aliphatic carbocycles. The molecule has 1 aromatic heterocycles. The number of aromatic nitrogens is 1. The van der Waals surface area contributed by atoms with Gasteiger partial charge in [0.2, 0.25) is 0 Å². The van der Waals surface area contributed by atoms with E-state index in [1.165, 1.54) is 0 Å². The number of hydrogen-bond acceptors (Lipinski definition) is 3. The first-order chi connectivity index (χ1) is 8.15.